The van der Waals surface area contributed by atoms with Crippen LogP contribution in [0, 0.1) is 0 Å². The molecule has 0 saturated heterocycles. The van der Waals surface area contributed by atoms with Crippen molar-refractivity contribution in [1.29, 1.82) is 0 Å². The second-order valence-corrected chi connectivity index (χ2v) is 13.6. The number of methoxy groups -OCH3 is 1. The van der Waals surface area contributed by atoms with E-state index in [-0.39, 0.29) is 6.10 Å². The minimum atomic E-state index is 0.0856. The van der Waals surface area contributed by atoms with E-state index in [1.54, 1.807) is 7.11 Å². The smallest absolute Gasteiger partial charge is 0.104 e. The summed E-state index contributed by atoms with van der Waals surface area (Å²) in [6.07, 6.45) is 45.1. The van der Waals surface area contributed by atoms with Crippen LogP contribution in [0.25, 0.3) is 0 Å². The highest BCUT2D eigenvalue weighted by atomic mass is 16.6. The Kier molecular flexibility index (Phi) is 39.8. The summed E-state index contributed by atoms with van der Waals surface area (Å²) in [5.74, 6) is 0. The molecular weight excluding hydrogens is 528 g/mol. The molecule has 3 nitrogen and oxygen atoms in total. The lowest BCUT2D eigenvalue weighted by atomic mass is 10.0. The molecule has 0 aliphatic heterocycles. The highest BCUT2D eigenvalue weighted by Gasteiger charge is 2.09. The highest BCUT2D eigenvalue weighted by molar-refractivity contribution is 4.57. The van der Waals surface area contributed by atoms with Crippen molar-refractivity contribution in [3.8, 4) is 0 Å². The van der Waals surface area contributed by atoms with Crippen molar-refractivity contribution < 1.29 is 14.2 Å². The summed E-state index contributed by atoms with van der Waals surface area (Å²) in [7, 11) is 1.76. The van der Waals surface area contributed by atoms with Gasteiger partial charge in [-0.25, -0.2) is 0 Å². The van der Waals surface area contributed by atoms with E-state index in [1.165, 1.54) is 199 Å². The summed E-state index contributed by atoms with van der Waals surface area (Å²) in [5, 5.41) is 0. The van der Waals surface area contributed by atoms with Gasteiger partial charge in [0.25, 0.3) is 0 Å². The lowest BCUT2D eigenvalue weighted by Crippen LogP contribution is -2.26. The molecule has 1 atom stereocenters. The fraction of sp³-hybridized carbons (Fsp3) is 1.00. The minimum absolute atomic E-state index is 0.0856. The first-order valence-electron chi connectivity index (χ1n) is 20.0. The molecule has 0 aromatic rings. The Balaban J connectivity index is 3.34. The van der Waals surface area contributed by atoms with E-state index >= 15 is 0 Å². The van der Waals surface area contributed by atoms with Crippen LogP contribution in [0.5, 0.6) is 0 Å². The van der Waals surface area contributed by atoms with Gasteiger partial charge < -0.3 is 14.2 Å². The van der Waals surface area contributed by atoms with Crippen LogP contribution in [-0.2, 0) is 14.2 Å². The molecule has 0 saturated carbocycles. The van der Waals surface area contributed by atoms with E-state index in [4.69, 9.17) is 14.2 Å². The zero-order chi connectivity index (χ0) is 31.2. The van der Waals surface area contributed by atoms with Gasteiger partial charge in [0.15, 0.2) is 0 Å². The van der Waals surface area contributed by atoms with Crippen molar-refractivity contribution in [2.75, 3.05) is 33.5 Å². The third kappa shape index (κ3) is 38.0. The summed E-state index contributed by atoms with van der Waals surface area (Å²) >= 11 is 0. The maximum Gasteiger partial charge on any atom is 0.104 e. The summed E-state index contributed by atoms with van der Waals surface area (Å²) in [5.41, 5.74) is 0. The standard InChI is InChI=1S/C40H82O3/c1-4-6-8-10-12-14-16-18-20-22-24-26-28-30-32-34-36-42-39-40(38-41-3)43-37-35-33-31-29-27-25-23-21-19-17-15-13-11-9-7-5-2/h40H,4-39H2,1-3H3/t40-/m0/s1. The molecular formula is C40H82O3. The van der Waals surface area contributed by atoms with Gasteiger partial charge >= 0.3 is 0 Å². The van der Waals surface area contributed by atoms with E-state index in [1.807, 2.05) is 0 Å². The summed E-state index contributed by atoms with van der Waals surface area (Å²) in [4.78, 5) is 0. The van der Waals surface area contributed by atoms with Crippen molar-refractivity contribution >= 4 is 0 Å². The van der Waals surface area contributed by atoms with E-state index in [0.29, 0.717) is 13.2 Å². The average molecular weight is 611 g/mol. The Morgan fingerprint density at radius 1 is 0.326 bits per heavy atom. The molecule has 0 unspecified atom stereocenters. The van der Waals surface area contributed by atoms with Gasteiger partial charge in [0.1, 0.15) is 6.10 Å². The van der Waals surface area contributed by atoms with Gasteiger partial charge in [-0.3, -0.25) is 0 Å². The lowest BCUT2D eigenvalue weighted by molar-refractivity contribution is -0.0525. The van der Waals surface area contributed by atoms with Gasteiger partial charge in [0, 0.05) is 20.3 Å². The second-order valence-electron chi connectivity index (χ2n) is 13.6. The van der Waals surface area contributed by atoms with Gasteiger partial charge in [-0.1, -0.05) is 206 Å². The Bertz CT molecular complexity index is 469. The van der Waals surface area contributed by atoms with Crippen LogP contribution in [0.15, 0.2) is 0 Å². The zero-order valence-corrected chi connectivity index (χ0v) is 30.3. The van der Waals surface area contributed by atoms with Gasteiger partial charge in [0.2, 0.25) is 0 Å². The average Bonchev–Trinajstić information content (AvgIpc) is 3.01. The van der Waals surface area contributed by atoms with Crippen molar-refractivity contribution in [2.45, 2.75) is 225 Å². The van der Waals surface area contributed by atoms with Gasteiger partial charge in [-0.2, -0.15) is 0 Å². The minimum Gasteiger partial charge on any atom is -0.382 e. The Labute approximate surface area is 272 Å². The molecule has 0 fully saturated rings. The van der Waals surface area contributed by atoms with Crippen molar-refractivity contribution in [1.82, 2.24) is 0 Å². The molecule has 0 heterocycles. The van der Waals surface area contributed by atoms with Crippen molar-refractivity contribution in [3.63, 3.8) is 0 Å². The largest absolute Gasteiger partial charge is 0.382 e. The topological polar surface area (TPSA) is 27.7 Å². The molecule has 0 aromatic heterocycles. The molecule has 0 N–H and O–H groups in total. The van der Waals surface area contributed by atoms with Crippen LogP contribution in [0.2, 0.25) is 0 Å². The molecule has 0 radical (unpaired) electrons. The molecule has 260 valence electrons. The van der Waals surface area contributed by atoms with Gasteiger partial charge in [-0.05, 0) is 12.8 Å². The first-order valence-corrected chi connectivity index (χ1v) is 20.0. The van der Waals surface area contributed by atoms with Crippen molar-refractivity contribution in [3.05, 3.63) is 0 Å². The van der Waals surface area contributed by atoms with Gasteiger partial charge in [0.05, 0.1) is 13.2 Å². The Morgan fingerprint density at radius 2 is 0.605 bits per heavy atom. The van der Waals surface area contributed by atoms with E-state index in [9.17, 15) is 0 Å². The number of ether oxygens (including phenoxy) is 3. The third-order valence-electron chi connectivity index (χ3n) is 9.15. The quantitative estimate of drug-likeness (QED) is 0.0648. The molecule has 0 rings (SSSR count). The molecule has 43 heavy (non-hydrogen) atoms. The fourth-order valence-electron chi connectivity index (χ4n) is 6.20. The SMILES string of the molecule is CCCCCCCCCCCCCCCCCCOC[C@H](COC)OCCCCCCCCCCCCCCCCCC. The normalized spacial score (nSPS) is 12.3. The van der Waals surface area contributed by atoms with Crippen LogP contribution in [-0.4, -0.2) is 39.6 Å². The molecule has 0 aliphatic rings. The van der Waals surface area contributed by atoms with Crippen LogP contribution in [0.4, 0.5) is 0 Å². The van der Waals surface area contributed by atoms with Crippen LogP contribution in [0.1, 0.15) is 219 Å². The molecule has 0 bridgehead atoms. The molecule has 3 heteroatoms. The third-order valence-corrected chi connectivity index (χ3v) is 9.15. The van der Waals surface area contributed by atoms with Gasteiger partial charge in [-0.15, -0.1) is 0 Å². The number of unbranched alkanes of at least 4 members (excludes halogenated alkanes) is 30. The van der Waals surface area contributed by atoms with Crippen LogP contribution in [0.3, 0.4) is 0 Å². The number of hydrogen-bond donors (Lipinski definition) is 0. The maximum absolute atomic E-state index is 6.08. The Hall–Kier alpha value is -0.120. The predicted octanol–water partition coefficient (Wildman–Crippen LogP) is 13.6. The Morgan fingerprint density at radius 3 is 0.907 bits per heavy atom. The lowest BCUT2D eigenvalue weighted by Gasteiger charge is -2.17. The zero-order valence-electron chi connectivity index (χ0n) is 30.3. The first-order chi connectivity index (χ1) is 21.3. The van der Waals surface area contributed by atoms with Crippen molar-refractivity contribution in [2.24, 2.45) is 0 Å². The van der Waals surface area contributed by atoms with E-state index in [2.05, 4.69) is 13.8 Å². The second kappa shape index (κ2) is 39.9. The summed E-state index contributed by atoms with van der Waals surface area (Å²) < 4.78 is 17.4. The van der Waals surface area contributed by atoms with Crippen LogP contribution >= 0.6 is 0 Å². The fourth-order valence-corrected chi connectivity index (χ4v) is 6.20. The van der Waals surface area contributed by atoms with E-state index in [0.717, 1.165) is 19.6 Å². The molecule has 0 aliphatic carbocycles. The highest BCUT2D eigenvalue weighted by Crippen LogP contribution is 2.15. The monoisotopic (exact) mass is 611 g/mol. The first kappa shape index (κ1) is 42.9. The summed E-state index contributed by atoms with van der Waals surface area (Å²) in [6, 6.07) is 0. The number of hydrogen-bond acceptors (Lipinski definition) is 3. The predicted molar refractivity (Wildman–Crippen MR) is 192 cm³/mol. The maximum atomic E-state index is 6.08. The molecule has 0 spiro atoms. The van der Waals surface area contributed by atoms with Crippen LogP contribution < -0.4 is 0 Å². The number of rotatable bonds is 39. The van der Waals surface area contributed by atoms with E-state index < -0.39 is 0 Å². The molecule has 0 amide bonds. The summed E-state index contributed by atoms with van der Waals surface area (Å²) in [6.45, 7) is 7.61. The molecule has 0 aromatic carbocycles.